The van der Waals surface area contributed by atoms with E-state index in [4.69, 9.17) is 10.5 Å². The van der Waals surface area contributed by atoms with Gasteiger partial charge in [0.1, 0.15) is 6.10 Å². The molecule has 3 unspecified atom stereocenters. The number of hydrogen-bond acceptors (Lipinski definition) is 3. The predicted octanol–water partition coefficient (Wildman–Crippen LogP) is 9.19. The van der Waals surface area contributed by atoms with E-state index in [-0.39, 0.29) is 12.1 Å². The Balaban J connectivity index is 2.12. The van der Waals surface area contributed by atoms with E-state index in [1.54, 1.807) is 0 Å². The van der Waals surface area contributed by atoms with Crippen LogP contribution >= 0.6 is 0 Å². The highest BCUT2D eigenvalue weighted by molar-refractivity contribution is 5.69. The summed E-state index contributed by atoms with van der Waals surface area (Å²) in [6.45, 7) is 4.15. The van der Waals surface area contributed by atoms with E-state index in [0.717, 1.165) is 48.7 Å². The first-order valence-corrected chi connectivity index (χ1v) is 17.1. The molecule has 0 spiro atoms. The van der Waals surface area contributed by atoms with Crippen LogP contribution in [0.15, 0.2) is 0 Å². The topological polar surface area (TPSA) is 52.3 Å². The number of rotatable bonds is 28. The molecule has 1 saturated carbocycles. The fraction of sp³-hybridized carbons (Fsp3) is 0.971. The molecule has 4 nitrogen and oxygen atoms in total. The van der Waals surface area contributed by atoms with Gasteiger partial charge in [-0.05, 0) is 56.9 Å². The lowest BCUT2D eigenvalue weighted by molar-refractivity contribution is -0.870. The van der Waals surface area contributed by atoms with Crippen molar-refractivity contribution in [3.63, 3.8) is 0 Å². The molecule has 4 heteroatoms. The van der Waals surface area contributed by atoms with Crippen LogP contribution in [0.2, 0.25) is 0 Å². The summed E-state index contributed by atoms with van der Waals surface area (Å²) in [5.74, 6) is 2.12. The third kappa shape index (κ3) is 22.2. The number of esters is 1. The highest BCUT2D eigenvalue weighted by Gasteiger charge is 2.35. The average molecular weight is 538 g/mol. The molecule has 1 aliphatic carbocycles. The van der Waals surface area contributed by atoms with Crippen molar-refractivity contribution in [3.05, 3.63) is 0 Å². The lowest BCUT2D eigenvalue weighted by Crippen LogP contribution is -2.35. The molecule has 1 fully saturated rings. The molecule has 0 saturated heterocycles. The normalized spacial score (nSPS) is 18.0. The third-order valence-electron chi connectivity index (χ3n) is 8.59. The highest BCUT2D eigenvalue weighted by atomic mass is 16.5. The summed E-state index contributed by atoms with van der Waals surface area (Å²) in [4.78, 5) is 12.5. The second-order valence-corrected chi connectivity index (χ2v) is 13.6. The fourth-order valence-corrected chi connectivity index (χ4v) is 5.94. The Morgan fingerprint density at radius 1 is 0.711 bits per heavy atom. The van der Waals surface area contributed by atoms with Crippen LogP contribution in [-0.2, 0) is 9.53 Å². The number of unbranched alkanes of at least 4 members (excludes halogenated alkanes) is 14. The average Bonchev–Trinajstić information content (AvgIpc) is 3.61. The van der Waals surface area contributed by atoms with Crippen molar-refractivity contribution in [1.29, 1.82) is 0 Å². The maximum absolute atomic E-state index is 12.5. The van der Waals surface area contributed by atoms with E-state index in [1.807, 2.05) is 0 Å². The van der Waals surface area contributed by atoms with Gasteiger partial charge in [0.2, 0.25) is 0 Å². The summed E-state index contributed by atoms with van der Waals surface area (Å²) in [5.41, 5.74) is 5.58. The van der Waals surface area contributed by atoms with Gasteiger partial charge in [0.15, 0.2) is 0 Å². The second kappa shape index (κ2) is 23.1. The zero-order valence-corrected chi connectivity index (χ0v) is 26.5. The quantitative estimate of drug-likeness (QED) is 0.0615. The molecule has 0 radical (unpaired) electrons. The minimum atomic E-state index is 0.0287. The van der Waals surface area contributed by atoms with Crippen molar-refractivity contribution in [1.82, 2.24) is 0 Å². The lowest BCUT2D eigenvalue weighted by atomic mass is 10.0. The van der Waals surface area contributed by atoms with Gasteiger partial charge < -0.3 is 15.0 Å². The zero-order valence-electron chi connectivity index (χ0n) is 26.5. The van der Waals surface area contributed by atoms with Crippen LogP contribution in [0, 0.1) is 11.8 Å². The van der Waals surface area contributed by atoms with Crippen molar-refractivity contribution in [2.45, 2.75) is 167 Å². The standard InChI is InChI=1S/C34H69N2O2/c1-5-6-7-8-9-14-19-25-33(38-34(37)27-22-29-36(2,3)4)26-20-15-10-12-17-23-31-30-32(31)24-18-13-11-16-21-28-35/h31-33H,5-30,35H2,1-4H3/q+1. The number of nitrogens with two attached hydrogens (primary N) is 1. The van der Waals surface area contributed by atoms with Gasteiger partial charge in [-0.15, -0.1) is 0 Å². The van der Waals surface area contributed by atoms with Crippen molar-refractivity contribution >= 4 is 5.97 Å². The van der Waals surface area contributed by atoms with Gasteiger partial charge in [-0.3, -0.25) is 4.79 Å². The van der Waals surface area contributed by atoms with Crippen molar-refractivity contribution in [3.8, 4) is 0 Å². The van der Waals surface area contributed by atoms with Crippen LogP contribution in [0.1, 0.15) is 161 Å². The number of ether oxygens (including phenoxy) is 1. The van der Waals surface area contributed by atoms with E-state index >= 15 is 0 Å². The van der Waals surface area contributed by atoms with Crippen LogP contribution in [0.4, 0.5) is 0 Å². The molecular weight excluding hydrogens is 468 g/mol. The number of carbonyl (C=O) groups excluding carboxylic acids is 1. The smallest absolute Gasteiger partial charge is 0.306 e. The van der Waals surface area contributed by atoms with E-state index in [1.165, 1.54) is 128 Å². The van der Waals surface area contributed by atoms with Gasteiger partial charge in [-0.25, -0.2) is 0 Å². The molecule has 0 aliphatic heterocycles. The van der Waals surface area contributed by atoms with Crippen molar-refractivity contribution < 1.29 is 14.0 Å². The van der Waals surface area contributed by atoms with Gasteiger partial charge in [-0.2, -0.15) is 0 Å². The fourth-order valence-electron chi connectivity index (χ4n) is 5.94. The molecule has 1 rings (SSSR count). The van der Waals surface area contributed by atoms with Crippen molar-refractivity contribution in [2.24, 2.45) is 17.6 Å². The first kappa shape index (κ1) is 35.4. The monoisotopic (exact) mass is 538 g/mol. The Morgan fingerprint density at radius 2 is 1.18 bits per heavy atom. The summed E-state index contributed by atoms with van der Waals surface area (Å²) in [5, 5.41) is 0. The molecule has 0 heterocycles. The molecule has 0 amide bonds. The Kier molecular flexibility index (Phi) is 21.6. The maximum Gasteiger partial charge on any atom is 0.306 e. The molecule has 0 bridgehead atoms. The number of hydrogen-bond donors (Lipinski definition) is 1. The van der Waals surface area contributed by atoms with Crippen LogP contribution < -0.4 is 5.73 Å². The molecular formula is C34H69N2O2+. The summed E-state index contributed by atoms with van der Waals surface area (Å²) in [6.07, 6.45) is 30.8. The molecule has 3 atom stereocenters. The van der Waals surface area contributed by atoms with Crippen LogP contribution in [0.25, 0.3) is 0 Å². The summed E-state index contributed by atoms with van der Waals surface area (Å²) in [7, 11) is 6.56. The lowest BCUT2D eigenvalue weighted by Gasteiger charge is -2.24. The maximum atomic E-state index is 12.5. The molecule has 0 aromatic rings. The van der Waals surface area contributed by atoms with E-state index in [2.05, 4.69) is 28.1 Å². The Labute approximate surface area is 238 Å². The zero-order chi connectivity index (χ0) is 27.9. The minimum Gasteiger partial charge on any atom is -0.462 e. The SMILES string of the molecule is CCCCCCCCCC(CCCCCCCC1CC1CCCCCCCN)OC(=O)CCC[N+](C)(C)C. The van der Waals surface area contributed by atoms with E-state index in [9.17, 15) is 4.79 Å². The van der Waals surface area contributed by atoms with E-state index < -0.39 is 0 Å². The number of carbonyl (C=O) groups is 1. The summed E-state index contributed by atoms with van der Waals surface area (Å²) < 4.78 is 6.91. The first-order valence-electron chi connectivity index (χ1n) is 17.1. The molecule has 0 aromatic heterocycles. The van der Waals surface area contributed by atoms with E-state index in [0.29, 0.717) is 6.42 Å². The van der Waals surface area contributed by atoms with Crippen molar-refractivity contribution in [2.75, 3.05) is 34.2 Å². The molecule has 38 heavy (non-hydrogen) atoms. The van der Waals surface area contributed by atoms with Crippen LogP contribution in [0.3, 0.4) is 0 Å². The second-order valence-electron chi connectivity index (χ2n) is 13.6. The Bertz CT molecular complexity index is 545. The minimum absolute atomic E-state index is 0.0287. The highest BCUT2D eigenvalue weighted by Crippen LogP contribution is 2.45. The van der Waals surface area contributed by atoms with Gasteiger partial charge in [0, 0.05) is 6.42 Å². The molecule has 1 aliphatic rings. The van der Waals surface area contributed by atoms with Gasteiger partial charge in [0.25, 0.3) is 0 Å². The number of nitrogens with zero attached hydrogens (tertiary/aromatic N) is 1. The van der Waals surface area contributed by atoms with Gasteiger partial charge in [0.05, 0.1) is 34.1 Å². The predicted molar refractivity (Wildman–Crippen MR) is 165 cm³/mol. The van der Waals surface area contributed by atoms with Gasteiger partial charge >= 0.3 is 5.97 Å². The van der Waals surface area contributed by atoms with Gasteiger partial charge in [-0.1, -0.05) is 110 Å². The summed E-state index contributed by atoms with van der Waals surface area (Å²) in [6, 6.07) is 0. The third-order valence-corrected chi connectivity index (χ3v) is 8.59. The van der Waals surface area contributed by atoms with Crippen LogP contribution in [-0.4, -0.2) is 50.8 Å². The first-order chi connectivity index (χ1) is 18.4. The molecule has 2 N–H and O–H groups in total. The Morgan fingerprint density at radius 3 is 1.68 bits per heavy atom. The largest absolute Gasteiger partial charge is 0.462 e. The molecule has 226 valence electrons. The van der Waals surface area contributed by atoms with Crippen LogP contribution in [0.5, 0.6) is 0 Å². The summed E-state index contributed by atoms with van der Waals surface area (Å²) >= 11 is 0. The molecule has 0 aromatic carbocycles. The Hall–Kier alpha value is -0.610. The number of quaternary nitrogens is 1.